The smallest absolute Gasteiger partial charge is 1.00 e. The fourth-order valence-corrected chi connectivity index (χ4v) is 2.65. The molecule has 0 saturated heterocycles. The van der Waals surface area contributed by atoms with Gasteiger partial charge in [0.1, 0.15) is 0 Å². The van der Waals surface area contributed by atoms with Gasteiger partial charge in [0.2, 0.25) is 0 Å². The Balaban J connectivity index is -0.000000180. The Morgan fingerprint density at radius 2 is 0.957 bits per heavy atom. The molecule has 0 aliphatic heterocycles. The third-order valence-electron chi connectivity index (χ3n) is 3.99. The molecule has 0 fully saturated rings. The summed E-state index contributed by atoms with van der Waals surface area (Å²) in [6.45, 7) is 2.27. The Morgan fingerprint density at radius 1 is 0.696 bits per heavy atom. The molecule has 0 aromatic carbocycles. The largest absolute Gasteiger partial charge is 2.00 e. The summed E-state index contributed by atoms with van der Waals surface area (Å²) in [7, 11) is 0. The van der Waals surface area contributed by atoms with E-state index in [-0.39, 0.29) is 50.9 Å². The van der Waals surface area contributed by atoms with E-state index in [1.54, 1.807) is 0 Å². The second-order valence-electron chi connectivity index (χ2n) is 6.09. The zero-order chi connectivity index (χ0) is 14.9. The standard InChI is InChI=1S/C18H36O2.Mg.H2O.Zn.2H/c1-2-3-4-5-6-7-8-9-10-11-12-13-14-15-16-17-18(19)20;;;;;/h2-17H2,1H3,(H,19,20);;1H2;;;/q;+2;;;2*-1. The molecule has 0 spiro atoms. The Bertz CT molecular complexity index is 226. The van der Waals surface area contributed by atoms with Crippen LogP contribution in [0.1, 0.15) is 113 Å². The number of unbranched alkanes of at least 4 members (excludes halogenated alkanes) is 14. The molecule has 0 saturated carbocycles. The van der Waals surface area contributed by atoms with Gasteiger partial charge in [-0.15, -0.1) is 0 Å². The molecule has 0 unspecified atom stereocenters. The van der Waals surface area contributed by atoms with Gasteiger partial charge in [-0.1, -0.05) is 96.8 Å². The summed E-state index contributed by atoms with van der Waals surface area (Å²) in [4.78, 5) is 10.3. The first-order valence-electron chi connectivity index (χ1n) is 8.99. The fourth-order valence-electron chi connectivity index (χ4n) is 2.65. The molecule has 0 atom stereocenters. The minimum Gasteiger partial charge on any atom is -1.00 e. The van der Waals surface area contributed by atoms with Crippen molar-refractivity contribution >= 4 is 29.0 Å². The molecule has 3 N–H and O–H groups in total. The molecular weight excluding hydrogens is 354 g/mol. The molecule has 0 radical (unpaired) electrons. The van der Waals surface area contributed by atoms with Crippen molar-refractivity contribution in [2.24, 2.45) is 0 Å². The van der Waals surface area contributed by atoms with Crippen LogP contribution in [-0.4, -0.2) is 39.6 Å². The second kappa shape index (κ2) is 27.7. The molecule has 0 aromatic heterocycles. The van der Waals surface area contributed by atoms with Crippen molar-refractivity contribution in [2.75, 3.05) is 0 Å². The van der Waals surface area contributed by atoms with Crippen LogP contribution in [0.3, 0.4) is 0 Å². The van der Waals surface area contributed by atoms with Gasteiger partial charge >= 0.3 is 29.0 Å². The molecule has 134 valence electrons. The van der Waals surface area contributed by atoms with E-state index in [2.05, 4.69) is 6.92 Å². The monoisotopic (exact) mass is 392 g/mol. The van der Waals surface area contributed by atoms with Crippen molar-refractivity contribution < 1.29 is 37.7 Å². The first kappa shape index (κ1) is 31.6. The van der Waals surface area contributed by atoms with Gasteiger partial charge in [-0.2, -0.15) is 0 Å². The summed E-state index contributed by atoms with van der Waals surface area (Å²) in [6, 6.07) is 0. The quantitative estimate of drug-likeness (QED) is 0.283. The number of carbonyl (C=O) groups is 1. The van der Waals surface area contributed by atoms with E-state index < -0.39 is 5.97 Å². The van der Waals surface area contributed by atoms with Gasteiger partial charge < -0.3 is 13.4 Å². The minimum absolute atomic E-state index is 0. The number of hydrogen-bond donors (Lipinski definition) is 1. The maximum Gasteiger partial charge on any atom is 2.00 e. The second-order valence-corrected chi connectivity index (χ2v) is 6.09. The van der Waals surface area contributed by atoms with Gasteiger partial charge in [0.25, 0.3) is 0 Å². The molecule has 0 aliphatic carbocycles. The summed E-state index contributed by atoms with van der Waals surface area (Å²) in [6.07, 6.45) is 20.2. The summed E-state index contributed by atoms with van der Waals surface area (Å²) in [5.41, 5.74) is 0. The molecule has 0 amide bonds. The predicted molar refractivity (Wildman–Crippen MR) is 98.8 cm³/mol. The number of hydrogen-bond acceptors (Lipinski definition) is 1. The van der Waals surface area contributed by atoms with Crippen LogP contribution in [0.4, 0.5) is 0 Å². The van der Waals surface area contributed by atoms with Gasteiger partial charge in [0.05, 0.1) is 0 Å². The molecule has 0 heterocycles. The Hall–Kier alpha value is 0.820. The van der Waals surface area contributed by atoms with Gasteiger partial charge in [-0.25, -0.2) is 0 Å². The molecule has 0 aliphatic rings. The summed E-state index contributed by atoms with van der Waals surface area (Å²) < 4.78 is 0. The first-order valence-corrected chi connectivity index (χ1v) is 8.99. The molecule has 23 heavy (non-hydrogen) atoms. The van der Waals surface area contributed by atoms with E-state index in [1.165, 1.54) is 83.5 Å². The fraction of sp³-hybridized carbons (Fsp3) is 0.944. The molecule has 5 heteroatoms. The Kier molecular flexibility index (Phi) is 38.0. The SMILES string of the molecule is CCCCCCCCCCCCCCCCCC(=O)O.O.[H-].[H-].[Mg+2].[Zn]. The normalized spacial score (nSPS) is 9.43. The van der Waals surface area contributed by atoms with Crippen LogP contribution >= 0.6 is 0 Å². The van der Waals surface area contributed by atoms with Crippen molar-refractivity contribution in [3.05, 3.63) is 0 Å². The van der Waals surface area contributed by atoms with Gasteiger partial charge in [-0.05, 0) is 6.42 Å². The molecule has 3 nitrogen and oxygen atoms in total. The van der Waals surface area contributed by atoms with Crippen molar-refractivity contribution in [3.63, 3.8) is 0 Å². The Labute approximate surface area is 176 Å². The van der Waals surface area contributed by atoms with Crippen LogP contribution < -0.4 is 0 Å². The zero-order valence-electron chi connectivity index (χ0n) is 17.6. The summed E-state index contributed by atoms with van der Waals surface area (Å²) in [5, 5.41) is 8.52. The average molecular weight is 394 g/mol. The van der Waals surface area contributed by atoms with Crippen LogP contribution in [0.15, 0.2) is 0 Å². The molecule has 0 bridgehead atoms. The van der Waals surface area contributed by atoms with Gasteiger partial charge in [-0.3, -0.25) is 4.79 Å². The number of aliphatic carboxylic acids is 1. The number of carboxylic acids is 1. The maximum atomic E-state index is 10.3. The van der Waals surface area contributed by atoms with E-state index in [0.717, 1.165) is 12.8 Å². The van der Waals surface area contributed by atoms with E-state index in [4.69, 9.17) is 5.11 Å². The zero-order valence-corrected chi connectivity index (χ0v) is 20.0. The first-order chi connectivity index (χ1) is 9.77. The van der Waals surface area contributed by atoms with Crippen molar-refractivity contribution in [1.29, 1.82) is 0 Å². The van der Waals surface area contributed by atoms with Crippen LogP contribution in [-0.2, 0) is 24.3 Å². The summed E-state index contributed by atoms with van der Waals surface area (Å²) in [5.74, 6) is -0.653. The molecular formula is C18H40MgO3Zn. The third kappa shape index (κ3) is 31.1. The van der Waals surface area contributed by atoms with Crippen LogP contribution in [0.5, 0.6) is 0 Å². The number of rotatable bonds is 16. The van der Waals surface area contributed by atoms with Gasteiger partial charge in [0, 0.05) is 25.9 Å². The maximum absolute atomic E-state index is 10.3. The van der Waals surface area contributed by atoms with E-state index in [1.807, 2.05) is 0 Å². The topological polar surface area (TPSA) is 68.8 Å². The molecule has 0 aromatic rings. The Morgan fingerprint density at radius 3 is 1.22 bits per heavy atom. The van der Waals surface area contributed by atoms with Crippen LogP contribution in [0, 0.1) is 0 Å². The van der Waals surface area contributed by atoms with Crippen molar-refractivity contribution in [1.82, 2.24) is 0 Å². The summed E-state index contributed by atoms with van der Waals surface area (Å²) >= 11 is 0. The van der Waals surface area contributed by atoms with Gasteiger partial charge in [0.15, 0.2) is 0 Å². The van der Waals surface area contributed by atoms with Crippen molar-refractivity contribution in [2.45, 2.75) is 110 Å². The van der Waals surface area contributed by atoms with E-state index >= 15 is 0 Å². The minimum atomic E-state index is -0.653. The van der Waals surface area contributed by atoms with Crippen LogP contribution in [0.25, 0.3) is 0 Å². The predicted octanol–water partition coefficient (Wildman–Crippen LogP) is 5.35. The van der Waals surface area contributed by atoms with E-state index in [9.17, 15) is 4.79 Å². The number of carboxylic acid groups (broad SMARTS) is 1. The average Bonchev–Trinajstić information content (AvgIpc) is 2.43. The third-order valence-corrected chi connectivity index (χ3v) is 3.99. The molecule has 0 rings (SSSR count). The van der Waals surface area contributed by atoms with Crippen molar-refractivity contribution in [3.8, 4) is 0 Å². The van der Waals surface area contributed by atoms with E-state index in [0.29, 0.717) is 6.42 Å². The van der Waals surface area contributed by atoms with Crippen LogP contribution in [0.2, 0.25) is 0 Å².